The summed E-state index contributed by atoms with van der Waals surface area (Å²) in [7, 11) is 0. The number of nitrogens with zero attached hydrogens (tertiary/aromatic N) is 2. The Bertz CT molecular complexity index is 664. The third-order valence-electron chi connectivity index (χ3n) is 3.90. The molecule has 0 radical (unpaired) electrons. The minimum Gasteiger partial charge on any atom is -0.347 e. The van der Waals surface area contributed by atoms with Gasteiger partial charge in [-0.15, -0.1) is 0 Å². The Labute approximate surface area is 131 Å². The first-order valence-electron chi connectivity index (χ1n) is 7.35. The van der Waals surface area contributed by atoms with Crippen LogP contribution in [0.3, 0.4) is 0 Å². The summed E-state index contributed by atoms with van der Waals surface area (Å²) >= 11 is 6.10. The van der Waals surface area contributed by atoms with Crippen molar-refractivity contribution in [3.63, 3.8) is 0 Å². The normalized spacial score (nSPS) is 11.8. The summed E-state index contributed by atoms with van der Waals surface area (Å²) in [6.07, 6.45) is 5.13. The second kappa shape index (κ2) is 6.51. The van der Waals surface area contributed by atoms with Crippen LogP contribution in [0.1, 0.15) is 38.7 Å². The van der Waals surface area contributed by atoms with Gasteiger partial charge in [-0.1, -0.05) is 24.1 Å². The minimum atomic E-state index is -0.232. The molecule has 0 atom stereocenters. The number of hydrogen-bond acceptors (Lipinski definition) is 2. The molecule has 0 aliphatic rings. The van der Waals surface area contributed by atoms with E-state index in [1.807, 2.05) is 32.0 Å². The van der Waals surface area contributed by atoms with Gasteiger partial charge in [-0.25, -0.2) is 0 Å². The molecule has 3 nitrogen and oxygen atoms in total. The molecule has 0 amide bonds. The number of nitrogens with two attached hydrogens (primary N) is 1. The van der Waals surface area contributed by atoms with Crippen LogP contribution in [0.4, 0.5) is 0 Å². The molecule has 2 rings (SSSR count). The molecule has 0 spiro atoms. The monoisotopic (exact) mass is 303 g/mol. The fraction of sp³-hybridized carbons (Fsp3) is 0.471. The van der Waals surface area contributed by atoms with Crippen molar-refractivity contribution in [2.24, 2.45) is 11.1 Å². The highest BCUT2D eigenvalue weighted by atomic mass is 35.5. The van der Waals surface area contributed by atoms with E-state index in [1.54, 1.807) is 0 Å². The number of fused-ring (bicyclic) bond motifs is 1. The van der Waals surface area contributed by atoms with Crippen LogP contribution >= 0.6 is 11.6 Å². The van der Waals surface area contributed by atoms with Gasteiger partial charge in [0.1, 0.15) is 0 Å². The average molecular weight is 304 g/mol. The number of unbranched alkanes of at least 4 members (excludes halogenated alkanes) is 1. The second-order valence-electron chi connectivity index (χ2n) is 6.17. The average Bonchev–Trinajstić information content (AvgIpc) is 2.81. The molecule has 112 valence electrons. The second-order valence-corrected chi connectivity index (χ2v) is 6.60. The lowest BCUT2D eigenvalue weighted by Crippen LogP contribution is -2.08. The maximum absolute atomic E-state index is 9.03. The highest BCUT2D eigenvalue weighted by Crippen LogP contribution is 2.26. The summed E-state index contributed by atoms with van der Waals surface area (Å²) in [6, 6.07) is 8.29. The first kappa shape index (κ1) is 15.9. The van der Waals surface area contributed by atoms with Gasteiger partial charge in [0.15, 0.2) is 0 Å². The number of nitriles is 1. The van der Waals surface area contributed by atoms with Crippen molar-refractivity contribution < 1.29 is 0 Å². The van der Waals surface area contributed by atoms with Crippen LogP contribution in [0.5, 0.6) is 0 Å². The number of aryl methyl sites for hydroxylation is 1. The summed E-state index contributed by atoms with van der Waals surface area (Å²) < 4.78 is 2.22. The molecule has 0 aliphatic heterocycles. The summed E-state index contributed by atoms with van der Waals surface area (Å²) in [5.74, 6) is 0. The first-order chi connectivity index (χ1) is 9.96. The molecule has 1 aromatic carbocycles. The molecule has 2 N–H and O–H groups in total. The highest BCUT2D eigenvalue weighted by Gasteiger charge is 2.15. The molecule has 0 saturated heterocycles. The predicted molar refractivity (Wildman–Crippen MR) is 88.1 cm³/mol. The van der Waals surface area contributed by atoms with E-state index >= 15 is 0 Å². The molecule has 0 bridgehead atoms. The van der Waals surface area contributed by atoms with Gasteiger partial charge in [-0.05, 0) is 44.4 Å². The predicted octanol–water partition coefficient (Wildman–Crippen LogP) is 4.47. The third-order valence-corrected chi connectivity index (χ3v) is 4.14. The van der Waals surface area contributed by atoms with Crippen LogP contribution in [-0.4, -0.2) is 4.57 Å². The van der Waals surface area contributed by atoms with Crippen molar-refractivity contribution in [2.75, 3.05) is 0 Å². The Morgan fingerprint density at radius 1 is 1.33 bits per heavy atom. The fourth-order valence-electron chi connectivity index (χ4n) is 2.59. The molecule has 0 unspecified atom stereocenters. The Hall–Kier alpha value is -1.50. The largest absolute Gasteiger partial charge is 0.347 e. The summed E-state index contributed by atoms with van der Waals surface area (Å²) in [5.41, 5.74) is 7.88. The zero-order valence-corrected chi connectivity index (χ0v) is 13.5. The molecule has 2 aromatic rings. The summed E-state index contributed by atoms with van der Waals surface area (Å²) in [5, 5.41) is 11.0. The van der Waals surface area contributed by atoms with Crippen LogP contribution in [0.15, 0.2) is 24.4 Å². The third kappa shape index (κ3) is 3.78. The smallest absolute Gasteiger partial charge is 0.0683 e. The van der Waals surface area contributed by atoms with Crippen molar-refractivity contribution in [1.29, 1.82) is 5.26 Å². The van der Waals surface area contributed by atoms with Crippen molar-refractivity contribution in [3.05, 3.63) is 35.0 Å². The van der Waals surface area contributed by atoms with E-state index in [4.69, 9.17) is 22.6 Å². The molecule has 4 heteroatoms. The molecule has 1 heterocycles. The van der Waals surface area contributed by atoms with E-state index in [0.717, 1.165) is 41.9 Å². The van der Waals surface area contributed by atoms with E-state index in [0.29, 0.717) is 6.54 Å². The van der Waals surface area contributed by atoms with Gasteiger partial charge in [0.2, 0.25) is 0 Å². The standard InChI is InChI=1S/C17H22ClN3/c1-17(2,12-20)7-3-4-8-21-11-13(10-19)15-6-5-14(18)9-16(15)21/h5-6,9,11H,3-4,7-8,10,19H2,1-2H3. The molecule has 21 heavy (non-hydrogen) atoms. The lowest BCUT2D eigenvalue weighted by atomic mass is 9.89. The van der Waals surface area contributed by atoms with Crippen LogP contribution in [0.2, 0.25) is 5.02 Å². The quantitative estimate of drug-likeness (QED) is 0.800. The van der Waals surface area contributed by atoms with Gasteiger partial charge in [-0.3, -0.25) is 0 Å². The fourth-order valence-corrected chi connectivity index (χ4v) is 2.76. The molecule has 0 saturated carbocycles. The van der Waals surface area contributed by atoms with Crippen LogP contribution in [0.25, 0.3) is 10.9 Å². The highest BCUT2D eigenvalue weighted by molar-refractivity contribution is 6.31. The van der Waals surface area contributed by atoms with Crippen LogP contribution in [0, 0.1) is 16.7 Å². The Morgan fingerprint density at radius 3 is 2.76 bits per heavy atom. The van der Waals surface area contributed by atoms with E-state index < -0.39 is 0 Å². The number of rotatable bonds is 6. The van der Waals surface area contributed by atoms with Crippen LogP contribution in [-0.2, 0) is 13.1 Å². The molecule has 0 fully saturated rings. The van der Waals surface area contributed by atoms with Crippen molar-refractivity contribution >= 4 is 22.5 Å². The zero-order valence-electron chi connectivity index (χ0n) is 12.7. The van der Waals surface area contributed by atoms with E-state index in [2.05, 4.69) is 16.8 Å². The topological polar surface area (TPSA) is 54.7 Å². The lowest BCUT2D eigenvalue weighted by molar-refractivity contribution is 0.418. The van der Waals surface area contributed by atoms with Crippen LogP contribution < -0.4 is 5.73 Å². The van der Waals surface area contributed by atoms with Gasteiger partial charge in [0.05, 0.1) is 11.5 Å². The molecular weight excluding hydrogens is 282 g/mol. The maximum Gasteiger partial charge on any atom is 0.0683 e. The van der Waals surface area contributed by atoms with E-state index in [-0.39, 0.29) is 5.41 Å². The van der Waals surface area contributed by atoms with Gasteiger partial charge >= 0.3 is 0 Å². The van der Waals surface area contributed by atoms with Crippen molar-refractivity contribution in [3.8, 4) is 6.07 Å². The van der Waals surface area contributed by atoms with Crippen molar-refractivity contribution in [1.82, 2.24) is 4.57 Å². The minimum absolute atomic E-state index is 0.232. The Balaban J connectivity index is 2.09. The Morgan fingerprint density at radius 2 is 2.10 bits per heavy atom. The van der Waals surface area contributed by atoms with E-state index in [9.17, 15) is 0 Å². The summed E-state index contributed by atoms with van der Waals surface area (Å²) in [6.45, 7) is 5.44. The zero-order chi connectivity index (χ0) is 15.5. The van der Waals surface area contributed by atoms with E-state index in [1.165, 1.54) is 5.39 Å². The van der Waals surface area contributed by atoms with Gasteiger partial charge in [-0.2, -0.15) is 5.26 Å². The van der Waals surface area contributed by atoms with Crippen molar-refractivity contribution in [2.45, 2.75) is 46.2 Å². The summed E-state index contributed by atoms with van der Waals surface area (Å²) in [4.78, 5) is 0. The van der Waals surface area contributed by atoms with Gasteiger partial charge in [0, 0.05) is 35.2 Å². The Kier molecular flexibility index (Phi) is 4.92. The molecular formula is C17H22ClN3. The number of benzene rings is 1. The number of hydrogen-bond donors (Lipinski definition) is 1. The lowest BCUT2D eigenvalue weighted by Gasteiger charge is -2.14. The van der Waals surface area contributed by atoms with Gasteiger partial charge < -0.3 is 10.3 Å². The maximum atomic E-state index is 9.03. The number of aromatic nitrogens is 1. The SMILES string of the molecule is CC(C)(C#N)CCCCn1cc(CN)c2ccc(Cl)cc21. The molecule has 1 aromatic heterocycles. The molecule has 0 aliphatic carbocycles. The van der Waals surface area contributed by atoms with Gasteiger partial charge in [0.25, 0.3) is 0 Å². The number of halogens is 1. The first-order valence-corrected chi connectivity index (χ1v) is 7.73.